The zero-order chi connectivity index (χ0) is 21.0. The average molecular weight is 413 g/mol. The van der Waals surface area contributed by atoms with Gasteiger partial charge in [-0.1, -0.05) is 37.0 Å². The zero-order valence-electron chi connectivity index (χ0n) is 18.0. The Kier molecular flexibility index (Phi) is 9.93. The highest BCUT2D eigenvalue weighted by Gasteiger charge is 2.03. The van der Waals surface area contributed by atoms with Crippen LogP contribution in [-0.4, -0.2) is 49.3 Å². The summed E-state index contributed by atoms with van der Waals surface area (Å²) >= 11 is 1.63. The predicted molar refractivity (Wildman–Crippen MR) is 122 cm³/mol. The van der Waals surface area contributed by atoms with Crippen molar-refractivity contribution in [2.45, 2.75) is 27.7 Å². The summed E-state index contributed by atoms with van der Waals surface area (Å²) in [6, 6.07) is 8.09. The number of hydrogen-bond donors (Lipinski definition) is 0. The van der Waals surface area contributed by atoms with E-state index in [1.807, 2.05) is 36.0 Å². The maximum Gasteiger partial charge on any atom is 0.120 e. The van der Waals surface area contributed by atoms with Gasteiger partial charge in [-0.3, -0.25) is 9.88 Å². The van der Waals surface area contributed by atoms with Crippen LogP contribution in [-0.2, 0) is 4.74 Å². The molecule has 0 unspecified atom stereocenters. The minimum absolute atomic E-state index is 0.0488. The molecule has 4 nitrogen and oxygen atoms in total. The first-order valence-electron chi connectivity index (χ1n) is 10.1. The number of likely N-dealkylation sites (N-methyl/N-ethyl adjacent to an activating group) is 1. The van der Waals surface area contributed by atoms with E-state index in [2.05, 4.69) is 61.6 Å². The lowest BCUT2D eigenvalue weighted by molar-refractivity contribution is 0.0832. The molecule has 0 spiro atoms. The number of aromatic nitrogens is 1. The van der Waals surface area contributed by atoms with Gasteiger partial charge in [0.05, 0.1) is 23.6 Å². The molecule has 2 rings (SSSR count). The summed E-state index contributed by atoms with van der Waals surface area (Å²) in [6.45, 7) is 13.1. The SMILES string of the molecule is CCN(C/C=C/C#CC(C)(C)C)CCOCCOc1cccc(-c2cncs2)c1. The summed E-state index contributed by atoms with van der Waals surface area (Å²) in [4.78, 5) is 7.60. The van der Waals surface area contributed by atoms with Gasteiger partial charge in [-0.25, -0.2) is 0 Å². The van der Waals surface area contributed by atoms with Crippen molar-refractivity contribution < 1.29 is 9.47 Å². The maximum atomic E-state index is 5.82. The van der Waals surface area contributed by atoms with Crippen molar-refractivity contribution in [1.29, 1.82) is 0 Å². The molecule has 0 radical (unpaired) electrons. The molecular weight excluding hydrogens is 380 g/mol. The van der Waals surface area contributed by atoms with Gasteiger partial charge in [-0.2, -0.15) is 0 Å². The van der Waals surface area contributed by atoms with Gasteiger partial charge < -0.3 is 9.47 Å². The molecule has 0 aliphatic carbocycles. The molecule has 1 aromatic heterocycles. The molecule has 0 aliphatic heterocycles. The van der Waals surface area contributed by atoms with Gasteiger partial charge in [0, 0.05) is 24.7 Å². The molecule has 0 saturated carbocycles. The number of benzene rings is 1. The third kappa shape index (κ3) is 9.76. The van der Waals surface area contributed by atoms with Crippen LogP contribution in [0.25, 0.3) is 10.4 Å². The highest BCUT2D eigenvalue weighted by Crippen LogP contribution is 2.26. The van der Waals surface area contributed by atoms with Gasteiger partial charge in [0.2, 0.25) is 0 Å². The van der Waals surface area contributed by atoms with E-state index in [0.717, 1.165) is 35.8 Å². The van der Waals surface area contributed by atoms with E-state index >= 15 is 0 Å². The van der Waals surface area contributed by atoms with Crippen LogP contribution in [0.2, 0.25) is 0 Å². The Hall–Kier alpha value is -2.13. The summed E-state index contributed by atoms with van der Waals surface area (Å²) < 4.78 is 11.6. The van der Waals surface area contributed by atoms with E-state index < -0.39 is 0 Å². The van der Waals surface area contributed by atoms with E-state index in [1.54, 1.807) is 11.3 Å². The first kappa shape index (κ1) is 23.2. The molecule has 0 aliphatic rings. The Bertz CT molecular complexity index is 798. The first-order valence-corrected chi connectivity index (χ1v) is 11.0. The van der Waals surface area contributed by atoms with Gasteiger partial charge in [-0.15, -0.1) is 11.3 Å². The topological polar surface area (TPSA) is 34.6 Å². The molecule has 2 aromatic rings. The lowest BCUT2D eigenvalue weighted by Crippen LogP contribution is -2.28. The Balaban J connectivity index is 1.62. The van der Waals surface area contributed by atoms with Crippen LogP contribution in [0.15, 0.2) is 48.1 Å². The number of hydrogen-bond acceptors (Lipinski definition) is 5. The van der Waals surface area contributed by atoms with Gasteiger partial charge in [-0.05, 0) is 51.1 Å². The molecule has 0 amide bonds. The molecular formula is C24H32N2O2S. The second kappa shape index (κ2) is 12.4. The third-order valence-electron chi connectivity index (χ3n) is 4.06. The van der Waals surface area contributed by atoms with Crippen LogP contribution in [0.3, 0.4) is 0 Å². The quantitative estimate of drug-likeness (QED) is 0.378. The van der Waals surface area contributed by atoms with Crippen LogP contribution >= 0.6 is 11.3 Å². The van der Waals surface area contributed by atoms with Gasteiger partial charge in [0.1, 0.15) is 12.4 Å². The van der Waals surface area contributed by atoms with E-state index in [-0.39, 0.29) is 5.41 Å². The fourth-order valence-corrected chi connectivity index (χ4v) is 3.13. The Morgan fingerprint density at radius 2 is 2.07 bits per heavy atom. The maximum absolute atomic E-state index is 5.82. The highest BCUT2D eigenvalue weighted by atomic mass is 32.1. The smallest absolute Gasteiger partial charge is 0.120 e. The summed E-state index contributed by atoms with van der Waals surface area (Å²) in [5, 5.41) is 0. The fourth-order valence-electron chi connectivity index (χ4n) is 2.51. The molecule has 0 bridgehead atoms. The first-order chi connectivity index (χ1) is 14.0. The molecule has 156 valence electrons. The number of nitrogens with zero attached hydrogens (tertiary/aromatic N) is 2. The largest absolute Gasteiger partial charge is 0.491 e. The Morgan fingerprint density at radius 1 is 1.21 bits per heavy atom. The fraction of sp³-hybridized carbons (Fsp3) is 0.458. The lowest BCUT2D eigenvalue weighted by Gasteiger charge is -2.18. The monoisotopic (exact) mass is 412 g/mol. The third-order valence-corrected chi connectivity index (χ3v) is 4.88. The number of rotatable bonds is 11. The number of ether oxygens (including phenoxy) is 2. The summed E-state index contributed by atoms with van der Waals surface area (Å²) in [6.07, 6.45) is 5.93. The van der Waals surface area contributed by atoms with Crippen molar-refractivity contribution in [1.82, 2.24) is 9.88 Å². The average Bonchev–Trinajstić information content (AvgIpc) is 3.23. The standard InChI is InChI=1S/C24H32N2O2S/c1-5-26(13-8-6-7-12-24(2,3)4)14-15-27-16-17-28-22-11-9-10-21(18-22)23-19-25-20-29-23/h6,8-11,18-20H,5,13-17H2,1-4H3/b8-6+. The molecule has 0 N–H and O–H groups in total. The van der Waals surface area contributed by atoms with Crippen LogP contribution in [0, 0.1) is 17.3 Å². The van der Waals surface area contributed by atoms with Crippen LogP contribution < -0.4 is 4.74 Å². The van der Waals surface area contributed by atoms with Gasteiger partial charge >= 0.3 is 0 Å². The van der Waals surface area contributed by atoms with Crippen molar-refractivity contribution in [2.24, 2.45) is 5.41 Å². The molecule has 29 heavy (non-hydrogen) atoms. The minimum Gasteiger partial charge on any atom is -0.491 e. The lowest BCUT2D eigenvalue weighted by atomic mass is 9.98. The van der Waals surface area contributed by atoms with E-state index in [1.165, 1.54) is 0 Å². The molecule has 5 heteroatoms. The molecule has 0 saturated heterocycles. The molecule has 0 atom stereocenters. The highest BCUT2D eigenvalue weighted by molar-refractivity contribution is 7.13. The van der Waals surface area contributed by atoms with Crippen LogP contribution in [0.1, 0.15) is 27.7 Å². The second-order valence-corrected chi connectivity index (χ2v) is 8.56. The van der Waals surface area contributed by atoms with Crippen molar-refractivity contribution >= 4 is 11.3 Å². The number of thiazole rings is 1. The number of allylic oxidation sites excluding steroid dienone is 1. The predicted octanol–water partition coefficient (Wildman–Crippen LogP) is 5.13. The molecule has 0 fully saturated rings. The summed E-state index contributed by atoms with van der Waals surface area (Å²) in [5.74, 6) is 7.18. The Morgan fingerprint density at radius 3 is 2.79 bits per heavy atom. The zero-order valence-corrected chi connectivity index (χ0v) is 18.8. The molecule has 1 heterocycles. The summed E-state index contributed by atoms with van der Waals surface area (Å²) in [5.41, 5.74) is 3.02. The minimum atomic E-state index is 0.0488. The molecule has 1 aromatic carbocycles. The van der Waals surface area contributed by atoms with Gasteiger partial charge in [0.15, 0.2) is 0 Å². The van der Waals surface area contributed by atoms with E-state index in [4.69, 9.17) is 9.47 Å². The van der Waals surface area contributed by atoms with Crippen molar-refractivity contribution in [3.63, 3.8) is 0 Å². The Labute approximate surface area is 179 Å². The normalized spacial score (nSPS) is 11.6. The second-order valence-electron chi connectivity index (χ2n) is 7.67. The van der Waals surface area contributed by atoms with Crippen LogP contribution in [0.5, 0.6) is 5.75 Å². The van der Waals surface area contributed by atoms with Gasteiger partial charge in [0.25, 0.3) is 0 Å². The van der Waals surface area contributed by atoms with Crippen molar-refractivity contribution in [3.05, 3.63) is 48.1 Å². The van der Waals surface area contributed by atoms with Crippen molar-refractivity contribution in [2.75, 3.05) is 39.5 Å². The van der Waals surface area contributed by atoms with E-state index in [0.29, 0.717) is 19.8 Å². The van der Waals surface area contributed by atoms with Crippen molar-refractivity contribution in [3.8, 4) is 28.0 Å². The van der Waals surface area contributed by atoms with Crippen LogP contribution in [0.4, 0.5) is 0 Å². The summed E-state index contributed by atoms with van der Waals surface area (Å²) in [7, 11) is 0. The van der Waals surface area contributed by atoms with E-state index in [9.17, 15) is 0 Å².